The number of likely N-dealkylation sites (tertiary alicyclic amines) is 1. The molecular formula is C28H33N3O2. The molecule has 0 spiro atoms. The standard InChI is InChI=1S/C27H29N3O.CH4O/c1-29-17-24-23-5-3-4-6-26(23)28-27(25(24)18-29)22-12-15-30(16-13-22)14-11-20-7-9-21(10-8-20)19-31-2;1-2/h3-11,14,17-18,22H,12-13,15-16,19H2,1-2H3;2H,1H3. The van der Waals surface area contributed by atoms with E-state index in [1.165, 1.54) is 33.0 Å². The molecule has 172 valence electrons. The third kappa shape index (κ3) is 5.10. The molecule has 5 heteroatoms. The maximum Gasteiger partial charge on any atom is 0.0713 e. The molecule has 3 heterocycles. The molecule has 1 saturated heterocycles. The van der Waals surface area contributed by atoms with Crippen molar-refractivity contribution in [3.8, 4) is 0 Å². The number of aliphatic hydroxyl groups excluding tert-OH is 1. The first-order valence-corrected chi connectivity index (χ1v) is 11.5. The Balaban J connectivity index is 0.00000126. The minimum atomic E-state index is 0.507. The lowest BCUT2D eigenvalue weighted by atomic mass is 9.90. The Kier molecular flexibility index (Phi) is 7.43. The van der Waals surface area contributed by atoms with Crippen molar-refractivity contribution >= 4 is 27.8 Å². The van der Waals surface area contributed by atoms with Crippen molar-refractivity contribution in [3.63, 3.8) is 0 Å². The summed E-state index contributed by atoms with van der Waals surface area (Å²) in [6.07, 6.45) is 11.2. The van der Waals surface area contributed by atoms with Crippen LogP contribution in [0.2, 0.25) is 0 Å². The fourth-order valence-electron chi connectivity index (χ4n) is 4.71. The van der Waals surface area contributed by atoms with E-state index in [-0.39, 0.29) is 0 Å². The summed E-state index contributed by atoms with van der Waals surface area (Å²) in [5.41, 5.74) is 4.81. The minimum Gasteiger partial charge on any atom is -0.400 e. The topological polar surface area (TPSA) is 50.5 Å². The van der Waals surface area contributed by atoms with Crippen molar-refractivity contribution < 1.29 is 9.84 Å². The van der Waals surface area contributed by atoms with Gasteiger partial charge in [-0.2, -0.15) is 0 Å². The number of ether oxygens (including phenoxy) is 1. The number of aryl methyl sites for hydroxylation is 1. The highest BCUT2D eigenvalue weighted by molar-refractivity contribution is 6.06. The van der Waals surface area contributed by atoms with E-state index < -0.39 is 0 Å². The van der Waals surface area contributed by atoms with Crippen LogP contribution < -0.4 is 0 Å². The van der Waals surface area contributed by atoms with Crippen LogP contribution in [0.15, 0.2) is 67.1 Å². The lowest BCUT2D eigenvalue weighted by molar-refractivity contribution is 0.185. The Morgan fingerprint density at radius 1 is 0.970 bits per heavy atom. The molecule has 5 nitrogen and oxygen atoms in total. The molecule has 5 rings (SSSR count). The number of aliphatic hydroxyl groups is 1. The molecule has 0 aliphatic carbocycles. The van der Waals surface area contributed by atoms with Gasteiger partial charge in [-0.05, 0) is 42.3 Å². The number of para-hydroxylation sites is 1. The number of nitrogens with zero attached hydrogens (tertiary/aromatic N) is 3. The summed E-state index contributed by atoms with van der Waals surface area (Å²) in [4.78, 5) is 7.56. The lowest BCUT2D eigenvalue weighted by Gasteiger charge is -2.31. The summed E-state index contributed by atoms with van der Waals surface area (Å²) >= 11 is 0. The van der Waals surface area contributed by atoms with Crippen molar-refractivity contribution in [1.82, 2.24) is 14.5 Å². The van der Waals surface area contributed by atoms with Gasteiger partial charge in [0.25, 0.3) is 0 Å². The second-order valence-corrected chi connectivity index (χ2v) is 8.57. The van der Waals surface area contributed by atoms with E-state index in [1.807, 2.05) is 0 Å². The second-order valence-electron chi connectivity index (χ2n) is 8.57. The number of hydrogen-bond acceptors (Lipinski definition) is 4. The number of benzene rings is 2. The van der Waals surface area contributed by atoms with Crippen LogP contribution in [-0.4, -0.2) is 46.9 Å². The Labute approximate surface area is 195 Å². The molecule has 0 bridgehead atoms. The number of pyridine rings is 1. The largest absolute Gasteiger partial charge is 0.400 e. The SMILES string of the molecule is CO.COCc1ccc(C=CN2CCC(c3nc4ccccc4c4cn(C)cc34)CC2)cc1. The first kappa shape index (κ1) is 23.0. The van der Waals surface area contributed by atoms with Crippen molar-refractivity contribution in [2.75, 3.05) is 27.3 Å². The molecule has 1 aliphatic rings. The first-order chi connectivity index (χ1) is 16.2. The van der Waals surface area contributed by atoms with Gasteiger partial charge in [0.1, 0.15) is 0 Å². The Morgan fingerprint density at radius 2 is 1.67 bits per heavy atom. The summed E-state index contributed by atoms with van der Waals surface area (Å²) < 4.78 is 7.35. The monoisotopic (exact) mass is 443 g/mol. The highest BCUT2D eigenvalue weighted by atomic mass is 16.5. The number of rotatable bonds is 5. The number of fused-ring (bicyclic) bond motifs is 3. The third-order valence-electron chi connectivity index (χ3n) is 6.35. The van der Waals surface area contributed by atoms with Crippen LogP contribution in [-0.2, 0) is 18.4 Å². The normalized spacial score (nSPS) is 14.7. The van der Waals surface area contributed by atoms with Crippen molar-refractivity contribution in [2.45, 2.75) is 25.4 Å². The zero-order valence-electron chi connectivity index (χ0n) is 19.7. The summed E-state index contributed by atoms with van der Waals surface area (Å²) in [6, 6.07) is 17.1. The molecule has 33 heavy (non-hydrogen) atoms. The molecule has 1 N–H and O–H groups in total. The summed E-state index contributed by atoms with van der Waals surface area (Å²) in [5, 5.41) is 10.9. The molecule has 2 aromatic carbocycles. The highest BCUT2D eigenvalue weighted by Crippen LogP contribution is 2.35. The van der Waals surface area contributed by atoms with E-state index in [4.69, 9.17) is 14.8 Å². The second kappa shape index (κ2) is 10.6. The Hall–Kier alpha value is -3.15. The molecule has 0 unspecified atom stereocenters. The minimum absolute atomic E-state index is 0.507. The van der Waals surface area contributed by atoms with Gasteiger partial charge in [-0.3, -0.25) is 4.98 Å². The van der Waals surface area contributed by atoms with Gasteiger partial charge in [0.05, 0.1) is 17.8 Å². The highest BCUT2D eigenvalue weighted by Gasteiger charge is 2.23. The Bertz CT molecular complexity index is 1220. The number of hydrogen-bond donors (Lipinski definition) is 1. The van der Waals surface area contributed by atoms with Crippen LogP contribution in [0.3, 0.4) is 0 Å². The van der Waals surface area contributed by atoms with E-state index >= 15 is 0 Å². The maximum atomic E-state index is 7.00. The van der Waals surface area contributed by atoms with Gasteiger partial charge < -0.3 is 19.3 Å². The summed E-state index contributed by atoms with van der Waals surface area (Å²) in [7, 11) is 4.83. The van der Waals surface area contributed by atoms with E-state index in [0.717, 1.165) is 38.6 Å². The van der Waals surface area contributed by atoms with Gasteiger partial charge >= 0.3 is 0 Å². The van der Waals surface area contributed by atoms with Crippen LogP contribution in [0.1, 0.15) is 35.6 Å². The van der Waals surface area contributed by atoms with E-state index in [1.54, 1.807) is 7.11 Å². The maximum absolute atomic E-state index is 7.00. The predicted octanol–water partition coefficient (Wildman–Crippen LogP) is 5.33. The third-order valence-corrected chi connectivity index (χ3v) is 6.35. The predicted molar refractivity (Wildman–Crippen MR) is 136 cm³/mol. The van der Waals surface area contributed by atoms with Gasteiger partial charge in [-0.15, -0.1) is 0 Å². The smallest absolute Gasteiger partial charge is 0.0713 e. The molecule has 1 fully saturated rings. The van der Waals surface area contributed by atoms with E-state index in [0.29, 0.717) is 12.5 Å². The van der Waals surface area contributed by atoms with Gasteiger partial charge in [-0.1, -0.05) is 42.5 Å². The van der Waals surface area contributed by atoms with Crippen molar-refractivity contribution in [1.29, 1.82) is 0 Å². The van der Waals surface area contributed by atoms with Gasteiger partial charge in [0.2, 0.25) is 0 Å². The molecule has 4 aromatic rings. The quantitative estimate of drug-likeness (QED) is 0.453. The molecular weight excluding hydrogens is 410 g/mol. The van der Waals surface area contributed by atoms with Crippen molar-refractivity contribution in [3.05, 3.63) is 83.9 Å². The first-order valence-electron chi connectivity index (χ1n) is 11.5. The van der Waals surface area contributed by atoms with Crippen LogP contribution >= 0.6 is 0 Å². The fourth-order valence-corrected chi connectivity index (χ4v) is 4.71. The van der Waals surface area contributed by atoms with Crippen LogP contribution in [0, 0.1) is 0 Å². The van der Waals surface area contributed by atoms with E-state index in [2.05, 4.69) is 89.7 Å². The number of aromatic nitrogens is 2. The molecule has 0 atom stereocenters. The van der Waals surface area contributed by atoms with Gasteiger partial charge in [0.15, 0.2) is 0 Å². The van der Waals surface area contributed by atoms with Crippen LogP contribution in [0.25, 0.3) is 27.8 Å². The zero-order chi connectivity index (χ0) is 23.2. The molecule has 1 aliphatic heterocycles. The van der Waals surface area contributed by atoms with Crippen molar-refractivity contribution in [2.24, 2.45) is 7.05 Å². The summed E-state index contributed by atoms with van der Waals surface area (Å²) in [5.74, 6) is 0.507. The summed E-state index contributed by atoms with van der Waals surface area (Å²) in [6.45, 7) is 2.78. The lowest BCUT2D eigenvalue weighted by Crippen LogP contribution is -2.28. The van der Waals surface area contributed by atoms with E-state index in [9.17, 15) is 0 Å². The van der Waals surface area contributed by atoms with Gasteiger partial charge in [0, 0.05) is 68.8 Å². The number of piperidine rings is 1. The van der Waals surface area contributed by atoms with Crippen LogP contribution in [0.5, 0.6) is 0 Å². The fraction of sp³-hybridized carbons (Fsp3) is 0.321. The number of methoxy groups -OCH3 is 1. The average Bonchev–Trinajstić information content (AvgIpc) is 3.26. The molecule has 0 amide bonds. The van der Waals surface area contributed by atoms with Gasteiger partial charge in [-0.25, -0.2) is 0 Å². The molecule has 2 aromatic heterocycles. The molecule has 0 radical (unpaired) electrons. The Morgan fingerprint density at radius 3 is 2.39 bits per heavy atom. The van der Waals surface area contributed by atoms with Crippen LogP contribution in [0.4, 0.5) is 0 Å². The average molecular weight is 444 g/mol. The zero-order valence-corrected chi connectivity index (χ0v) is 19.7. The molecule has 0 saturated carbocycles.